The average Bonchev–Trinajstić information content (AvgIpc) is 3.29. The number of carbonyl (C=O) groups excluding carboxylic acids is 3. The molecule has 2 aliphatic heterocycles. The minimum atomic E-state index is -0.587. The molecule has 0 aliphatic carbocycles. The predicted molar refractivity (Wildman–Crippen MR) is 218 cm³/mol. The van der Waals surface area contributed by atoms with E-state index in [4.69, 9.17) is 4.99 Å². The van der Waals surface area contributed by atoms with Crippen LogP contribution in [-0.4, -0.2) is 58.1 Å². The maximum absolute atomic E-state index is 14.1. The number of fused-ring (bicyclic) bond motifs is 2. The first-order valence-electron chi connectivity index (χ1n) is 18.2. The van der Waals surface area contributed by atoms with Crippen LogP contribution in [0, 0.1) is 19.8 Å². The van der Waals surface area contributed by atoms with Gasteiger partial charge in [-0.25, -0.2) is 9.78 Å². The molecular formula is C43H43N9O3. The van der Waals surface area contributed by atoms with Gasteiger partial charge in [0.1, 0.15) is 11.9 Å². The van der Waals surface area contributed by atoms with Crippen LogP contribution < -0.4 is 25.3 Å². The zero-order chi connectivity index (χ0) is 38.8. The molecule has 0 radical (unpaired) electrons. The Bertz CT molecular complexity index is 2320. The summed E-state index contributed by atoms with van der Waals surface area (Å²) in [7, 11) is 1.68. The van der Waals surface area contributed by atoms with Gasteiger partial charge < -0.3 is 15.5 Å². The number of rotatable bonds is 10. The third-order valence-corrected chi connectivity index (χ3v) is 9.63. The molecular weight excluding hydrogens is 691 g/mol. The zero-order valence-electron chi connectivity index (χ0n) is 31.6. The number of aromatic nitrogens is 3. The Morgan fingerprint density at radius 2 is 1.73 bits per heavy atom. The monoisotopic (exact) mass is 733 g/mol. The topological polar surface area (TPSA) is 136 Å². The molecule has 55 heavy (non-hydrogen) atoms. The number of urea groups is 1. The number of carbonyl (C=O) groups is 3. The average molecular weight is 734 g/mol. The van der Waals surface area contributed by atoms with E-state index >= 15 is 0 Å². The first kappa shape index (κ1) is 36.7. The third-order valence-electron chi connectivity index (χ3n) is 9.63. The van der Waals surface area contributed by atoms with Crippen molar-refractivity contribution < 1.29 is 14.4 Å². The summed E-state index contributed by atoms with van der Waals surface area (Å²) < 4.78 is 0. The van der Waals surface area contributed by atoms with Crippen molar-refractivity contribution in [1.82, 2.24) is 15.0 Å². The molecule has 2 aliphatic rings. The van der Waals surface area contributed by atoms with E-state index in [1.165, 1.54) is 4.90 Å². The van der Waals surface area contributed by atoms with E-state index in [-0.39, 0.29) is 36.9 Å². The van der Waals surface area contributed by atoms with Gasteiger partial charge in [-0.2, -0.15) is 4.98 Å². The maximum atomic E-state index is 14.1. The highest BCUT2D eigenvalue weighted by molar-refractivity contribution is 6.21. The van der Waals surface area contributed by atoms with Crippen molar-refractivity contribution in [1.29, 1.82) is 0 Å². The lowest BCUT2D eigenvalue weighted by Gasteiger charge is -2.35. The number of aryl methyl sites for hydroxylation is 2. The fourth-order valence-electron chi connectivity index (χ4n) is 6.83. The second kappa shape index (κ2) is 15.3. The molecule has 0 spiro atoms. The van der Waals surface area contributed by atoms with Crippen molar-refractivity contribution in [2.75, 3.05) is 38.9 Å². The molecule has 2 N–H and O–H groups in total. The zero-order valence-corrected chi connectivity index (χ0v) is 31.6. The van der Waals surface area contributed by atoms with E-state index in [0.29, 0.717) is 46.5 Å². The number of hydrogen-bond acceptors (Lipinski definition) is 8. The van der Waals surface area contributed by atoms with Gasteiger partial charge in [0.15, 0.2) is 0 Å². The minimum Gasteiger partial charge on any atom is -0.323 e. The van der Waals surface area contributed by atoms with Crippen LogP contribution in [0.1, 0.15) is 58.6 Å². The summed E-state index contributed by atoms with van der Waals surface area (Å²) in [6.07, 6.45) is 5.68. The second-order valence-electron chi connectivity index (χ2n) is 14.2. The quantitative estimate of drug-likeness (QED) is 0.140. The number of anilines is 6. The van der Waals surface area contributed by atoms with E-state index in [1.54, 1.807) is 59.6 Å². The lowest BCUT2D eigenvalue weighted by Crippen LogP contribution is -2.46. The number of benzodiazepines with no additional fused rings is 1. The Hall–Kier alpha value is -6.69. The summed E-state index contributed by atoms with van der Waals surface area (Å²) in [6.45, 7) is 12.4. The van der Waals surface area contributed by atoms with Crippen molar-refractivity contribution in [2.45, 2.75) is 46.7 Å². The molecule has 0 unspecified atom stereocenters. The second-order valence-corrected chi connectivity index (χ2v) is 14.2. The fourth-order valence-corrected chi connectivity index (χ4v) is 6.83. The summed E-state index contributed by atoms with van der Waals surface area (Å²) >= 11 is 0. The number of benzene rings is 3. The molecule has 12 nitrogen and oxygen atoms in total. The van der Waals surface area contributed by atoms with Crippen molar-refractivity contribution in [2.24, 2.45) is 10.9 Å². The van der Waals surface area contributed by atoms with Crippen LogP contribution >= 0.6 is 0 Å². The molecule has 0 saturated heterocycles. The summed E-state index contributed by atoms with van der Waals surface area (Å²) in [6, 6.07) is 23.5. The first-order chi connectivity index (χ1) is 26.5. The van der Waals surface area contributed by atoms with Gasteiger partial charge in [0, 0.05) is 53.4 Å². The van der Waals surface area contributed by atoms with E-state index in [0.717, 1.165) is 33.6 Å². The highest BCUT2D eigenvalue weighted by atomic mass is 16.2. The van der Waals surface area contributed by atoms with Crippen molar-refractivity contribution in [3.63, 3.8) is 0 Å². The third kappa shape index (κ3) is 7.56. The highest BCUT2D eigenvalue weighted by Gasteiger charge is 2.34. The molecule has 5 aromatic rings. The summed E-state index contributed by atoms with van der Waals surface area (Å²) in [5.41, 5.74) is 7.69. The molecule has 4 heterocycles. The van der Waals surface area contributed by atoms with Crippen molar-refractivity contribution >= 4 is 58.1 Å². The van der Waals surface area contributed by atoms with Gasteiger partial charge in [0.25, 0.3) is 11.8 Å². The molecule has 2 aromatic heterocycles. The Kier molecular flexibility index (Phi) is 10.2. The van der Waals surface area contributed by atoms with Crippen LogP contribution in [0.25, 0.3) is 0 Å². The lowest BCUT2D eigenvalue weighted by molar-refractivity contribution is -0.119. The lowest BCUT2D eigenvalue weighted by atomic mass is 9.98. The Morgan fingerprint density at radius 1 is 0.945 bits per heavy atom. The normalized spacial score (nSPS) is 15.3. The smallest absolute Gasteiger partial charge is 0.323 e. The van der Waals surface area contributed by atoms with Gasteiger partial charge in [-0.3, -0.25) is 29.4 Å². The predicted octanol–water partition coefficient (Wildman–Crippen LogP) is 7.85. The van der Waals surface area contributed by atoms with E-state index < -0.39 is 6.04 Å². The maximum Gasteiger partial charge on any atom is 0.330 e. The Balaban J connectivity index is 1.16. The van der Waals surface area contributed by atoms with Crippen molar-refractivity contribution in [3.05, 3.63) is 137 Å². The van der Waals surface area contributed by atoms with Gasteiger partial charge in [0.05, 0.1) is 35.5 Å². The van der Waals surface area contributed by atoms with E-state index in [9.17, 15) is 14.4 Å². The van der Waals surface area contributed by atoms with Crippen LogP contribution in [0.2, 0.25) is 0 Å². The number of pyridine rings is 1. The molecule has 12 heteroatoms. The van der Waals surface area contributed by atoms with Gasteiger partial charge in [-0.05, 0) is 74.2 Å². The molecule has 7 rings (SSSR count). The molecule has 0 saturated carbocycles. The minimum absolute atomic E-state index is 0.138. The van der Waals surface area contributed by atoms with Crippen molar-refractivity contribution in [3.8, 4) is 0 Å². The Morgan fingerprint density at radius 3 is 2.45 bits per heavy atom. The van der Waals surface area contributed by atoms with Crippen LogP contribution in [0.4, 0.5) is 39.3 Å². The molecule has 3 aromatic carbocycles. The van der Waals surface area contributed by atoms with E-state index in [1.807, 2.05) is 68.4 Å². The first-order valence-corrected chi connectivity index (χ1v) is 18.2. The number of aliphatic imine (C=N–C) groups is 1. The van der Waals surface area contributed by atoms with Crippen LogP contribution in [0.3, 0.4) is 0 Å². The number of nitrogens with one attached hydrogen (secondary N) is 2. The standard InChI is InChI=1S/C43H43N9O3/c1-7-19-51-37-21-30(15-18-34(37)38(29-11-9-8-10-12-29)48-35(41(51)54)20-26(2)3)40(53)46-32-16-13-27(4)36(22-32)52-25-31-23-45-42(49-39(31)50(6)43(52)55)47-33-17-14-28(5)44-24-33/h7-18,21-24,26,35H,1,19-20,25H2,2-6H3,(H,46,53)(H,45,47,49)/t35-/m0/s1. The molecule has 4 amide bonds. The SMILES string of the molecule is C=CCN1C(=O)[C@H](CC(C)C)N=C(c2ccccc2)c2ccc(C(=O)Nc3ccc(C)c(N4Cc5cnc(Nc6ccc(C)nc6)nc5N(C)C4=O)c3)cc21. The molecule has 0 bridgehead atoms. The van der Waals surface area contributed by atoms with Gasteiger partial charge in [-0.1, -0.05) is 56.3 Å². The molecule has 1 atom stereocenters. The number of amides is 4. The van der Waals surface area contributed by atoms with Gasteiger partial charge in [-0.15, -0.1) is 6.58 Å². The largest absolute Gasteiger partial charge is 0.330 e. The summed E-state index contributed by atoms with van der Waals surface area (Å²) in [5, 5.41) is 6.17. The summed E-state index contributed by atoms with van der Waals surface area (Å²) in [5.74, 6) is 0.592. The van der Waals surface area contributed by atoms with Crippen LogP contribution in [0.5, 0.6) is 0 Å². The van der Waals surface area contributed by atoms with Crippen LogP contribution in [0.15, 0.2) is 109 Å². The van der Waals surface area contributed by atoms with Gasteiger partial charge in [0.2, 0.25) is 5.95 Å². The fraction of sp³-hybridized carbons (Fsp3) is 0.233. The Labute approximate surface area is 320 Å². The van der Waals surface area contributed by atoms with Gasteiger partial charge >= 0.3 is 6.03 Å². The number of hydrogen-bond donors (Lipinski definition) is 2. The molecule has 278 valence electrons. The van der Waals surface area contributed by atoms with E-state index in [2.05, 4.69) is 46.0 Å². The van der Waals surface area contributed by atoms with Crippen LogP contribution in [-0.2, 0) is 11.3 Å². The summed E-state index contributed by atoms with van der Waals surface area (Å²) in [4.78, 5) is 65.1. The number of nitrogens with zero attached hydrogens (tertiary/aromatic N) is 7. The molecule has 0 fully saturated rings. The highest BCUT2D eigenvalue weighted by Crippen LogP contribution is 2.35.